The lowest BCUT2D eigenvalue weighted by Crippen LogP contribution is -2.14. The summed E-state index contributed by atoms with van der Waals surface area (Å²) in [5, 5.41) is 3.37. The highest BCUT2D eigenvalue weighted by molar-refractivity contribution is 5.59. The summed E-state index contributed by atoms with van der Waals surface area (Å²) in [6, 6.07) is 6.08. The van der Waals surface area contributed by atoms with Crippen molar-refractivity contribution in [1.29, 1.82) is 0 Å². The van der Waals surface area contributed by atoms with E-state index in [4.69, 9.17) is 10.5 Å². The van der Waals surface area contributed by atoms with E-state index in [1.165, 1.54) is 0 Å². The van der Waals surface area contributed by atoms with Crippen LogP contribution in [-0.4, -0.2) is 12.6 Å². The van der Waals surface area contributed by atoms with Crippen LogP contribution in [0.3, 0.4) is 0 Å². The molecule has 3 nitrogen and oxygen atoms in total. The minimum Gasteiger partial charge on any atom is -0.493 e. The first kappa shape index (κ1) is 13.4. The first-order valence-electron chi connectivity index (χ1n) is 6.06. The molecule has 17 heavy (non-hydrogen) atoms. The SMILES string of the molecule is C=CCC(C)Nc1cc(N)cc(OCCC)c1. The molecular weight excluding hydrogens is 212 g/mol. The van der Waals surface area contributed by atoms with Crippen LogP contribution in [-0.2, 0) is 0 Å². The molecule has 1 unspecified atom stereocenters. The summed E-state index contributed by atoms with van der Waals surface area (Å²) in [5.74, 6) is 0.820. The predicted octanol–water partition coefficient (Wildman–Crippen LogP) is 3.43. The molecule has 0 aromatic heterocycles. The standard InChI is InChI=1S/C14H22N2O/c1-4-6-11(3)16-13-8-12(15)9-14(10-13)17-7-5-2/h4,8-11,16H,1,5-7,15H2,2-3H3. The van der Waals surface area contributed by atoms with Crippen LogP contribution in [0.1, 0.15) is 26.7 Å². The quantitative estimate of drug-likeness (QED) is 0.561. The number of ether oxygens (including phenoxy) is 1. The van der Waals surface area contributed by atoms with Crippen LogP contribution < -0.4 is 15.8 Å². The molecule has 0 aliphatic rings. The molecule has 0 saturated carbocycles. The van der Waals surface area contributed by atoms with Crippen molar-refractivity contribution < 1.29 is 4.74 Å². The van der Waals surface area contributed by atoms with Crippen LogP contribution in [0, 0.1) is 0 Å². The molecule has 1 rings (SSSR count). The fourth-order valence-corrected chi connectivity index (χ4v) is 1.60. The molecule has 3 heteroatoms. The molecule has 0 heterocycles. The number of anilines is 2. The third kappa shape index (κ3) is 4.81. The van der Waals surface area contributed by atoms with E-state index in [0.29, 0.717) is 18.3 Å². The molecule has 3 N–H and O–H groups in total. The molecule has 1 aromatic rings. The average molecular weight is 234 g/mol. The van der Waals surface area contributed by atoms with E-state index >= 15 is 0 Å². The Labute approximate surface area is 104 Å². The van der Waals surface area contributed by atoms with Gasteiger partial charge in [-0.15, -0.1) is 6.58 Å². The second kappa shape index (κ2) is 6.84. The van der Waals surface area contributed by atoms with Gasteiger partial charge < -0.3 is 15.8 Å². The van der Waals surface area contributed by atoms with Crippen LogP contribution >= 0.6 is 0 Å². The number of rotatable bonds is 7. The third-order valence-electron chi connectivity index (χ3n) is 2.33. The Hall–Kier alpha value is -1.64. The van der Waals surface area contributed by atoms with Gasteiger partial charge in [0.05, 0.1) is 6.61 Å². The van der Waals surface area contributed by atoms with Crippen molar-refractivity contribution in [2.45, 2.75) is 32.7 Å². The van der Waals surface area contributed by atoms with Crippen molar-refractivity contribution in [1.82, 2.24) is 0 Å². The lowest BCUT2D eigenvalue weighted by atomic mass is 10.2. The number of nitrogens with two attached hydrogens (primary N) is 1. The second-order valence-corrected chi connectivity index (χ2v) is 4.21. The Morgan fingerprint density at radius 1 is 1.47 bits per heavy atom. The zero-order valence-electron chi connectivity index (χ0n) is 10.7. The van der Waals surface area contributed by atoms with Crippen molar-refractivity contribution >= 4 is 11.4 Å². The van der Waals surface area contributed by atoms with Gasteiger partial charge in [-0.3, -0.25) is 0 Å². The average Bonchev–Trinajstić information content (AvgIpc) is 2.25. The number of hydrogen-bond donors (Lipinski definition) is 2. The number of benzene rings is 1. The first-order valence-corrected chi connectivity index (χ1v) is 6.06. The van der Waals surface area contributed by atoms with E-state index in [9.17, 15) is 0 Å². The number of hydrogen-bond acceptors (Lipinski definition) is 3. The predicted molar refractivity (Wildman–Crippen MR) is 74.5 cm³/mol. The fourth-order valence-electron chi connectivity index (χ4n) is 1.60. The first-order chi connectivity index (χ1) is 8.15. The Morgan fingerprint density at radius 2 is 2.24 bits per heavy atom. The lowest BCUT2D eigenvalue weighted by molar-refractivity contribution is 0.318. The van der Waals surface area contributed by atoms with E-state index in [1.807, 2.05) is 24.3 Å². The van der Waals surface area contributed by atoms with Crippen molar-refractivity contribution in [3.63, 3.8) is 0 Å². The van der Waals surface area contributed by atoms with Gasteiger partial charge in [0.2, 0.25) is 0 Å². The van der Waals surface area contributed by atoms with Crippen LogP contribution in [0.5, 0.6) is 5.75 Å². The van der Waals surface area contributed by atoms with Gasteiger partial charge in [-0.25, -0.2) is 0 Å². The Morgan fingerprint density at radius 3 is 2.88 bits per heavy atom. The molecule has 1 aromatic carbocycles. The molecule has 0 saturated heterocycles. The number of nitrogen functional groups attached to an aromatic ring is 1. The van der Waals surface area contributed by atoms with Crippen molar-refractivity contribution in [2.24, 2.45) is 0 Å². The maximum absolute atomic E-state index is 5.84. The highest BCUT2D eigenvalue weighted by atomic mass is 16.5. The molecule has 0 radical (unpaired) electrons. The van der Waals surface area contributed by atoms with Crippen molar-refractivity contribution in [2.75, 3.05) is 17.7 Å². The van der Waals surface area contributed by atoms with E-state index in [-0.39, 0.29) is 0 Å². The topological polar surface area (TPSA) is 47.3 Å². The van der Waals surface area contributed by atoms with Crippen molar-refractivity contribution in [3.05, 3.63) is 30.9 Å². The lowest BCUT2D eigenvalue weighted by Gasteiger charge is -2.15. The summed E-state index contributed by atoms with van der Waals surface area (Å²) >= 11 is 0. The summed E-state index contributed by atoms with van der Waals surface area (Å²) in [7, 11) is 0. The Balaban J connectivity index is 2.70. The van der Waals surface area contributed by atoms with Gasteiger partial charge in [-0.2, -0.15) is 0 Å². The van der Waals surface area contributed by atoms with Gasteiger partial charge in [0, 0.05) is 29.5 Å². The Kier molecular flexibility index (Phi) is 5.40. The van der Waals surface area contributed by atoms with Gasteiger partial charge >= 0.3 is 0 Å². The molecule has 94 valence electrons. The largest absolute Gasteiger partial charge is 0.493 e. The molecule has 0 aliphatic heterocycles. The van der Waals surface area contributed by atoms with Gasteiger partial charge in [-0.05, 0) is 25.8 Å². The van der Waals surface area contributed by atoms with E-state index in [2.05, 4.69) is 25.7 Å². The van der Waals surface area contributed by atoms with Crippen LogP contribution in [0.25, 0.3) is 0 Å². The summed E-state index contributed by atoms with van der Waals surface area (Å²) in [6.45, 7) is 8.63. The second-order valence-electron chi connectivity index (χ2n) is 4.21. The summed E-state index contributed by atoms with van der Waals surface area (Å²) in [4.78, 5) is 0. The molecule has 0 amide bonds. The highest BCUT2D eigenvalue weighted by Gasteiger charge is 2.03. The zero-order chi connectivity index (χ0) is 12.7. The molecule has 0 spiro atoms. The van der Waals surface area contributed by atoms with E-state index in [1.54, 1.807) is 0 Å². The van der Waals surface area contributed by atoms with Gasteiger partial charge in [-0.1, -0.05) is 13.0 Å². The Bertz CT molecular complexity index is 363. The minimum atomic E-state index is 0.341. The van der Waals surface area contributed by atoms with Gasteiger partial charge in [0.15, 0.2) is 0 Å². The summed E-state index contributed by atoms with van der Waals surface area (Å²) in [6.07, 6.45) is 3.81. The molecule has 0 aliphatic carbocycles. The van der Waals surface area contributed by atoms with Crippen LogP contribution in [0.15, 0.2) is 30.9 Å². The molecule has 1 atom stereocenters. The maximum Gasteiger partial charge on any atom is 0.123 e. The van der Waals surface area contributed by atoms with Crippen LogP contribution in [0.2, 0.25) is 0 Å². The normalized spacial score (nSPS) is 11.9. The minimum absolute atomic E-state index is 0.341. The third-order valence-corrected chi connectivity index (χ3v) is 2.33. The maximum atomic E-state index is 5.84. The van der Waals surface area contributed by atoms with Crippen molar-refractivity contribution in [3.8, 4) is 5.75 Å². The van der Waals surface area contributed by atoms with E-state index < -0.39 is 0 Å². The van der Waals surface area contributed by atoms with Crippen LogP contribution in [0.4, 0.5) is 11.4 Å². The fraction of sp³-hybridized carbons (Fsp3) is 0.429. The molecular formula is C14H22N2O. The molecule has 0 bridgehead atoms. The van der Waals surface area contributed by atoms with Gasteiger partial charge in [0.1, 0.15) is 5.75 Å². The number of nitrogens with one attached hydrogen (secondary N) is 1. The zero-order valence-corrected chi connectivity index (χ0v) is 10.7. The highest BCUT2D eigenvalue weighted by Crippen LogP contribution is 2.23. The molecule has 0 fully saturated rings. The van der Waals surface area contributed by atoms with Gasteiger partial charge in [0.25, 0.3) is 0 Å². The van der Waals surface area contributed by atoms with E-state index in [0.717, 1.165) is 24.3 Å². The monoisotopic (exact) mass is 234 g/mol. The smallest absolute Gasteiger partial charge is 0.123 e. The summed E-state index contributed by atoms with van der Waals surface area (Å²) < 4.78 is 5.58. The summed E-state index contributed by atoms with van der Waals surface area (Å²) in [5.41, 5.74) is 7.55.